The van der Waals surface area contributed by atoms with Crippen molar-refractivity contribution in [3.8, 4) is 0 Å². The zero-order valence-corrected chi connectivity index (χ0v) is 15.0. The largest absolute Gasteiger partial charge is 0.405 e. The number of hydrogen-bond acceptors (Lipinski definition) is 1. The summed E-state index contributed by atoms with van der Waals surface area (Å²) < 4.78 is 38.2. The standard InChI is InChI=1S/C21H24F3NO/c1-2-3-8-13-20(19(26)25-14-21(22,23)24)17-11-6-4-9-15(17)16-10-5-7-12-18(16)20/h4,6-7,9,11-12H,2-3,5,8,10,13-14H2,1H3,(H,25,26). The minimum absolute atomic E-state index is 0.532. The highest BCUT2D eigenvalue weighted by Crippen LogP contribution is 2.52. The van der Waals surface area contributed by atoms with E-state index in [4.69, 9.17) is 0 Å². The molecule has 2 aliphatic carbocycles. The third-order valence-electron chi connectivity index (χ3n) is 5.33. The van der Waals surface area contributed by atoms with Crippen molar-refractivity contribution in [1.29, 1.82) is 0 Å². The van der Waals surface area contributed by atoms with Gasteiger partial charge in [0.15, 0.2) is 0 Å². The van der Waals surface area contributed by atoms with Crippen LogP contribution in [0.5, 0.6) is 0 Å². The summed E-state index contributed by atoms with van der Waals surface area (Å²) in [5.41, 5.74) is 2.86. The lowest BCUT2D eigenvalue weighted by molar-refractivity contribution is -0.141. The molecule has 0 spiro atoms. The van der Waals surface area contributed by atoms with E-state index in [0.717, 1.165) is 54.4 Å². The number of benzene rings is 1. The van der Waals surface area contributed by atoms with E-state index in [0.29, 0.717) is 6.42 Å². The molecule has 1 N–H and O–H groups in total. The summed E-state index contributed by atoms with van der Waals surface area (Å²) in [5.74, 6) is -0.532. The zero-order valence-electron chi connectivity index (χ0n) is 15.0. The van der Waals surface area contributed by atoms with Gasteiger partial charge in [0.2, 0.25) is 5.91 Å². The molecule has 2 aliphatic rings. The Morgan fingerprint density at radius 1 is 1.23 bits per heavy atom. The van der Waals surface area contributed by atoms with Gasteiger partial charge in [-0.1, -0.05) is 62.6 Å². The van der Waals surface area contributed by atoms with Gasteiger partial charge in [0, 0.05) is 0 Å². The Bertz CT molecular complexity index is 748. The Morgan fingerprint density at radius 3 is 2.73 bits per heavy atom. The highest BCUT2D eigenvalue weighted by atomic mass is 19.4. The van der Waals surface area contributed by atoms with Crippen molar-refractivity contribution in [2.24, 2.45) is 0 Å². The lowest BCUT2D eigenvalue weighted by Crippen LogP contribution is -2.47. The van der Waals surface area contributed by atoms with E-state index < -0.39 is 24.0 Å². The van der Waals surface area contributed by atoms with Crippen LogP contribution in [0.2, 0.25) is 0 Å². The van der Waals surface area contributed by atoms with Crippen molar-refractivity contribution >= 4 is 11.5 Å². The number of carbonyl (C=O) groups excluding carboxylic acids is 1. The molecule has 0 aliphatic heterocycles. The first-order valence-electron chi connectivity index (χ1n) is 9.25. The zero-order chi connectivity index (χ0) is 18.8. The van der Waals surface area contributed by atoms with Gasteiger partial charge in [0.05, 0.1) is 5.41 Å². The maximum Gasteiger partial charge on any atom is 0.405 e. The van der Waals surface area contributed by atoms with Gasteiger partial charge in [-0.25, -0.2) is 0 Å². The molecule has 3 rings (SSSR count). The number of nitrogens with one attached hydrogen (secondary N) is 1. The summed E-state index contributed by atoms with van der Waals surface area (Å²) in [6.07, 6.45) is 4.55. The number of halogens is 3. The van der Waals surface area contributed by atoms with Crippen LogP contribution in [0.15, 0.2) is 42.0 Å². The molecule has 5 heteroatoms. The van der Waals surface area contributed by atoms with Gasteiger partial charge in [-0.05, 0) is 41.5 Å². The molecule has 0 fully saturated rings. The Morgan fingerprint density at radius 2 is 2.00 bits per heavy atom. The van der Waals surface area contributed by atoms with Crippen LogP contribution >= 0.6 is 0 Å². The Kier molecular flexibility index (Phi) is 5.26. The van der Waals surface area contributed by atoms with Gasteiger partial charge in [0.25, 0.3) is 0 Å². The highest BCUT2D eigenvalue weighted by molar-refractivity contribution is 6.01. The van der Waals surface area contributed by atoms with Crippen LogP contribution in [-0.4, -0.2) is 18.6 Å². The van der Waals surface area contributed by atoms with E-state index in [1.54, 1.807) is 0 Å². The maximum atomic E-state index is 13.1. The van der Waals surface area contributed by atoms with E-state index in [-0.39, 0.29) is 0 Å². The van der Waals surface area contributed by atoms with Crippen LogP contribution in [0.25, 0.3) is 5.57 Å². The molecule has 1 unspecified atom stereocenters. The van der Waals surface area contributed by atoms with Gasteiger partial charge in [-0.15, -0.1) is 0 Å². The van der Waals surface area contributed by atoms with Gasteiger partial charge in [-0.2, -0.15) is 13.2 Å². The van der Waals surface area contributed by atoms with Crippen LogP contribution < -0.4 is 5.32 Å². The fourth-order valence-electron chi connectivity index (χ4n) is 4.21. The lowest BCUT2D eigenvalue weighted by atomic mass is 9.71. The van der Waals surface area contributed by atoms with Crippen molar-refractivity contribution in [3.63, 3.8) is 0 Å². The molecule has 26 heavy (non-hydrogen) atoms. The van der Waals surface area contributed by atoms with Gasteiger partial charge >= 0.3 is 6.18 Å². The SMILES string of the molecule is CCCCCC1(C(=O)NCC(F)(F)F)C2=C(CCC=C2)c2ccccc21. The van der Waals surface area contributed by atoms with Crippen LogP contribution in [0.4, 0.5) is 13.2 Å². The summed E-state index contributed by atoms with van der Waals surface area (Å²) in [6, 6.07) is 7.69. The van der Waals surface area contributed by atoms with E-state index in [1.165, 1.54) is 0 Å². The second-order valence-corrected chi connectivity index (χ2v) is 7.04. The number of hydrogen-bond donors (Lipinski definition) is 1. The van der Waals surface area contributed by atoms with Crippen molar-refractivity contribution in [3.05, 3.63) is 53.1 Å². The number of fused-ring (bicyclic) bond motifs is 2. The van der Waals surface area contributed by atoms with E-state index >= 15 is 0 Å². The minimum atomic E-state index is -4.42. The van der Waals surface area contributed by atoms with Crippen LogP contribution in [0, 0.1) is 0 Å². The van der Waals surface area contributed by atoms with Crippen LogP contribution in [0.3, 0.4) is 0 Å². The van der Waals surface area contributed by atoms with Crippen LogP contribution in [-0.2, 0) is 10.2 Å². The number of alkyl halides is 3. The summed E-state index contributed by atoms with van der Waals surface area (Å²) in [5, 5.41) is 2.17. The van der Waals surface area contributed by atoms with E-state index in [9.17, 15) is 18.0 Å². The van der Waals surface area contributed by atoms with E-state index in [1.807, 2.05) is 36.4 Å². The molecule has 0 bridgehead atoms. The first-order valence-corrected chi connectivity index (χ1v) is 9.25. The Hall–Kier alpha value is -2.04. The molecule has 0 heterocycles. The molecule has 1 atom stereocenters. The predicted molar refractivity (Wildman–Crippen MR) is 96.6 cm³/mol. The monoisotopic (exact) mass is 363 g/mol. The number of carbonyl (C=O) groups is 1. The van der Waals surface area contributed by atoms with Crippen LogP contribution in [0.1, 0.15) is 56.6 Å². The van der Waals surface area contributed by atoms with Gasteiger partial charge < -0.3 is 5.32 Å². The van der Waals surface area contributed by atoms with Crippen molar-refractivity contribution in [1.82, 2.24) is 5.32 Å². The van der Waals surface area contributed by atoms with Crippen molar-refractivity contribution < 1.29 is 18.0 Å². The average Bonchev–Trinajstić information content (AvgIpc) is 2.91. The molecule has 140 valence electrons. The first kappa shape index (κ1) is 18.7. The quantitative estimate of drug-likeness (QED) is 0.683. The molecule has 0 radical (unpaired) electrons. The van der Waals surface area contributed by atoms with Crippen molar-refractivity contribution in [2.75, 3.05) is 6.54 Å². The fourth-order valence-corrected chi connectivity index (χ4v) is 4.21. The number of amides is 1. The molecule has 0 saturated heterocycles. The Labute approximate surface area is 152 Å². The summed E-state index contributed by atoms with van der Waals surface area (Å²) in [4.78, 5) is 13.1. The number of unbranched alkanes of at least 4 members (excludes halogenated alkanes) is 2. The normalized spacial score (nSPS) is 21.5. The van der Waals surface area contributed by atoms with Gasteiger partial charge in [-0.3, -0.25) is 4.79 Å². The third kappa shape index (κ3) is 3.31. The predicted octanol–water partition coefficient (Wildman–Crippen LogP) is 5.30. The Balaban J connectivity index is 2.06. The fraction of sp³-hybridized carbons (Fsp3) is 0.476. The van der Waals surface area contributed by atoms with E-state index in [2.05, 4.69) is 12.2 Å². The number of rotatable bonds is 6. The number of allylic oxidation sites excluding steroid dienone is 3. The molecule has 1 amide bonds. The van der Waals surface area contributed by atoms with Crippen molar-refractivity contribution in [2.45, 2.75) is 57.0 Å². The lowest BCUT2D eigenvalue weighted by Gasteiger charge is -2.32. The third-order valence-corrected chi connectivity index (χ3v) is 5.33. The molecule has 0 aromatic heterocycles. The average molecular weight is 363 g/mol. The topological polar surface area (TPSA) is 29.1 Å². The molecular formula is C21H24F3NO. The molecular weight excluding hydrogens is 339 g/mol. The first-order chi connectivity index (χ1) is 12.4. The molecule has 1 aromatic carbocycles. The highest BCUT2D eigenvalue weighted by Gasteiger charge is 2.50. The summed E-state index contributed by atoms with van der Waals surface area (Å²) >= 11 is 0. The van der Waals surface area contributed by atoms with Gasteiger partial charge in [0.1, 0.15) is 6.54 Å². The summed E-state index contributed by atoms with van der Waals surface area (Å²) in [7, 11) is 0. The molecule has 1 aromatic rings. The smallest absolute Gasteiger partial charge is 0.346 e. The minimum Gasteiger partial charge on any atom is -0.346 e. The molecule has 0 saturated carbocycles. The second kappa shape index (κ2) is 7.29. The summed E-state index contributed by atoms with van der Waals surface area (Å²) in [6.45, 7) is 0.778. The molecule has 2 nitrogen and oxygen atoms in total. The second-order valence-electron chi connectivity index (χ2n) is 7.04. The maximum absolute atomic E-state index is 13.1.